The highest BCUT2D eigenvalue weighted by Gasteiger charge is 2.14. The van der Waals surface area contributed by atoms with Gasteiger partial charge in [0.05, 0.1) is 17.1 Å². The van der Waals surface area contributed by atoms with Crippen LogP contribution >= 0.6 is 0 Å². The first-order valence-electron chi connectivity index (χ1n) is 5.18. The maximum Gasteiger partial charge on any atom is 0.128 e. The molecule has 0 saturated heterocycles. The molecule has 2 rings (SSSR count). The van der Waals surface area contributed by atoms with E-state index in [4.69, 9.17) is 11.5 Å². The van der Waals surface area contributed by atoms with Gasteiger partial charge in [-0.2, -0.15) is 0 Å². The van der Waals surface area contributed by atoms with Crippen molar-refractivity contribution < 1.29 is 0 Å². The zero-order chi connectivity index (χ0) is 10.8. The SMILES string of the molecule is CCn1c(C(N)CN)nc2ccccc21. The Labute approximate surface area is 88.9 Å². The second-order valence-corrected chi connectivity index (χ2v) is 3.55. The van der Waals surface area contributed by atoms with Crippen LogP contribution in [0.15, 0.2) is 24.3 Å². The predicted octanol–water partition coefficient (Wildman–Crippen LogP) is 1.01. The molecule has 80 valence electrons. The summed E-state index contributed by atoms with van der Waals surface area (Å²) in [4.78, 5) is 4.51. The molecule has 0 aliphatic rings. The molecule has 0 spiro atoms. The second kappa shape index (κ2) is 4.00. The first kappa shape index (κ1) is 10.1. The molecule has 0 bridgehead atoms. The molecular formula is C11H16N4. The lowest BCUT2D eigenvalue weighted by atomic mass is 10.3. The summed E-state index contributed by atoms with van der Waals surface area (Å²) in [6.07, 6.45) is 0. The van der Waals surface area contributed by atoms with Crippen molar-refractivity contribution in [1.29, 1.82) is 0 Å². The van der Waals surface area contributed by atoms with Gasteiger partial charge in [-0.05, 0) is 19.1 Å². The van der Waals surface area contributed by atoms with Gasteiger partial charge >= 0.3 is 0 Å². The summed E-state index contributed by atoms with van der Waals surface area (Å²) < 4.78 is 2.12. The van der Waals surface area contributed by atoms with Crippen LogP contribution in [0.25, 0.3) is 11.0 Å². The fraction of sp³-hybridized carbons (Fsp3) is 0.364. The minimum Gasteiger partial charge on any atom is -0.328 e. The monoisotopic (exact) mass is 204 g/mol. The number of aromatic nitrogens is 2. The van der Waals surface area contributed by atoms with E-state index in [-0.39, 0.29) is 6.04 Å². The number of para-hydroxylation sites is 2. The van der Waals surface area contributed by atoms with Crippen molar-refractivity contribution in [3.05, 3.63) is 30.1 Å². The van der Waals surface area contributed by atoms with E-state index in [1.807, 2.05) is 18.2 Å². The van der Waals surface area contributed by atoms with Crippen LogP contribution in [0.3, 0.4) is 0 Å². The highest BCUT2D eigenvalue weighted by atomic mass is 15.1. The van der Waals surface area contributed by atoms with Gasteiger partial charge in [-0.25, -0.2) is 4.98 Å². The van der Waals surface area contributed by atoms with E-state index in [0.29, 0.717) is 6.54 Å². The van der Waals surface area contributed by atoms with Crippen molar-refractivity contribution in [3.8, 4) is 0 Å². The molecule has 1 aromatic heterocycles. The van der Waals surface area contributed by atoms with Gasteiger partial charge in [0, 0.05) is 13.1 Å². The molecule has 1 unspecified atom stereocenters. The molecule has 0 saturated carbocycles. The van der Waals surface area contributed by atoms with E-state index < -0.39 is 0 Å². The van der Waals surface area contributed by atoms with Crippen molar-refractivity contribution in [2.24, 2.45) is 11.5 Å². The van der Waals surface area contributed by atoms with Crippen LogP contribution in [0.1, 0.15) is 18.8 Å². The molecule has 4 heteroatoms. The molecule has 0 radical (unpaired) electrons. The predicted molar refractivity (Wildman–Crippen MR) is 61.4 cm³/mol. The molecule has 0 aliphatic carbocycles. The molecule has 2 aromatic rings. The molecule has 4 N–H and O–H groups in total. The van der Waals surface area contributed by atoms with E-state index >= 15 is 0 Å². The van der Waals surface area contributed by atoms with E-state index in [9.17, 15) is 0 Å². The van der Waals surface area contributed by atoms with Gasteiger partial charge in [-0.15, -0.1) is 0 Å². The van der Waals surface area contributed by atoms with Gasteiger partial charge in [0.15, 0.2) is 0 Å². The fourth-order valence-electron chi connectivity index (χ4n) is 1.81. The van der Waals surface area contributed by atoms with Crippen molar-refractivity contribution in [2.45, 2.75) is 19.5 Å². The summed E-state index contributed by atoms with van der Waals surface area (Å²) in [6.45, 7) is 3.37. The third kappa shape index (κ3) is 1.62. The standard InChI is InChI=1S/C11H16N4/c1-2-15-10-6-4-3-5-9(10)14-11(15)8(13)7-12/h3-6,8H,2,7,12-13H2,1H3. The van der Waals surface area contributed by atoms with Crippen LogP contribution in [0.4, 0.5) is 0 Å². The summed E-state index contributed by atoms with van der Waals surface area (Å²) in [6, 6.07) is 7.85. The van der Waals surface area contributed by atoms with Crippen LogP contribution in [-0.4, -0.2) is 16.1 Å². The Morgan fingerprint density at radius 1 is 1.40 bits per heavy atom. The molecule has 0 aliphatic heterocycles. The number of rotatable bonds is 3. The Morgan fingerprint density at radius 2 is 2.13 bits per heavy atom. The average molecular weight is 204 g/mol. The van der Waals surface area contributed by atoms with Gasteiger partial charge in [0.1, 0.15) is 5.82 Å². The molecule has 0 fully saturated rings. The lowest BCUT2D eigenvalue weighted by Gasteiger charge is -2.10. The third-order valence-electron chi connectivity index (χ3n) is 2.59. The van der Waals surface area contributed by atoms with Crippen LogP contribution < -0.4 is 11.5 Å². The van der Waals surface area contributed by atoms with E-state index in [1.165, 1.54) is 0 Å². The summed E-state index contributed by atoms with van der Waals surface area (Å²) in [5.74, 6) is 0.876. The van der Waals surface area contributed by atoms with E-state index in [1.54, 1.807) is 0 Å². The normalized spacial score (nSPS) is 13.3. The molecular weight excluding hydrogens is 188 g/mol. The van der Waals surface area contributed by atoms with Gasteiger partial charge in [-0.1, -0.05) is 12.1 Å². The first-order valence-corrected chi connectivity index (χ1v) is 5.18. The van der Waals surface area contributed by atoms with Crippen molar-refractivity contribution in [1.82, 2.24) is 9.55 Å². The third-order valence-corrected chi connectivity index (χ3v) is 2.59. The van der Waals surface area contributed by atoms with Gasteiger partial charge in [-0.3, -0.25) is 0 Å². The van der Waals surface area contributed by atoms with Crippen molar-refractivity contribution in [2.75, 3.05) is 6.54 Å². The Hall–Kier alpha value is -1.39. The lowest BCUT2D eigenvalue weighted by molar-refractivity contribution is 0.619. The van der Waals surface area contributed by atoms with E-state index in [2.05, 4.69) is 22.5 Å². The molecule has 1 aromatic carbocycles. The number of nitrogens with zero attached hydrogens (tertiary/aromatic N) is 2. The number of hydrogen-bond acceptors (Lipinski definition) is 3. The first-order chi connectivity index (χ1) is 7.27. The van der Waals surface area contributed by atoms with Crippen LogP contribution in [0.2, 0.25) is 0 Å². The van der Waals surface area contributed by atoms with Crippen LogP contribution in [-0.2, 0) is 6.54 Å². The maximum absolute atomic E-state index is 5.93. The largest absolute Gasteiger partial charge is 0.328 e. The summed E-state index contributed by atoms with van der Waals surface area (Å²) in [5.41, 5.74) is 13.6. The zero-order valence-electron chi connectivity index (χ0n) is 8.85. The van der Waals surface area contributed by atoms with Gasteiger partial charge in [0.25, 0.3) is 0 Å². The molecule has 1 heterocycles. The number of hydrogen-bond donors (Lipinski definition) is 2. The molecule has 0 amide bonds. The minimum atomic E-state index is -0.183. The number of fused-ring (bicyclic) bond motifs is 1. The zero-order valence-corrected chi connectivity index (χ0v) is 8.85. The fourth-order valence-corrected chi connectivity index (χ4v) is 1.81. The Kier molecular flexibility index (Phi) is 2.70. The average Bonchev–Trinajstić information content (AvgIpc) is 2.66. The Morgan fingerprint density at radius 3 is 2.80 bits per heavy atom. The Bertz CT molecular complexity index is 461. The summed E-state index contributed by atoms with van der Waals surface area (Å²) >= 11 is 0. The highest BCUT2D eigenvalue weighted by molar-refractivity contribution is 5.76. The summed E-state index contributed by atoms with van der Waals surface area (Å²) in [5, 5.41) is 0. The van der Waals surface area contributed by atoms with Gasteiger partial charge in [0.2, 0.25) is 0 Å². The number of imidazole rings is 1. The van der Waals surface area contributed by atoms with Crippen LogP contribution in [0.5, 0.6) is 0 Å². The lowest BCUT2D eigenvalue weighted by Crippen LogP contribution is -2.24. The topological polar surface area (TPSA) is 69.9 Å². The van der Waals surface area contributed by atoms with Crippen LogP contribution in [0, 0.1) is 0 Å². The minimum absolute atomic E-state index is 0.183. The molecule has 1 atom stereocenters. The maximum atomic E-state index is 5.93. The highest BCUT2D eigenvalue weighted by Crippen LogP contribution is 2.18. The smallest absolute Gasteiger partial charge is 0.128 e. The number of nitrogens with two attached hydrogens (primary N) is 2. The second-order valence-electron chi connectivity index (χ2n) is 3.55. The Balaban J connectivity index is 2.63. The number of benzene rings is 1. The van der Waals surface area contributed by atoms with E-state index in [0.717, 1.165) is 23.4 Å². The van der Waals surface area contributed by atoms with Crippen molar-refractivity contribution >= 4 is 11.0 Å². The quantitative estimate of drug-likeness (QED) is 0.784. The van der Waals surface area contributed by atoms with Crippen molar-refractivity contribution in [3.63, 3.8) is 0 Å². The van der Waals surface area contributed by atoms with Gasteiger partial charge < -0.3 is 16.0 Å². The molecule has 15 heavy (non-hydrogen) atoms. The molecule has 4 nitrogen and oxygen atoms in total. The summed E-state index contributed by atoms with van der Waals surface area (Å²) in [7, 11) is 0. The number of aryl methyl sites for hydroxylation is 1.